The summed E-state index contributed by atoms with van der Waals surface area (Å²) in [5.74, 6) is 0.964. The van der Waals surface area contributed by atoms with Crippen molar-refractivity contribution in [2.24, 2.45) is 5.41 Å². The Balaban J connectivity index is 1.90. The lowest BCUT2D eigenvalue weighted by atomic mass is 9.84. The van der Waals surface area contributed by atoms with Gasteiger partial charge in [-0.15, -0.1) is 0 Å². The van der Waals surface area contributed by atoms with Crippen LogP contribution in [0.2, 0.25) is 0 Å². The van der Waals surface area contributed by atoms with E-state index in [-0.39, 0.29) is 17.5 Å². The summed E-state index contributed by atoms with van der Waals surface area (Å²) in [6, 6.07) is 11.1. The van der Waals surface area contributed by atoms with E-state index in [1.165, 1.54) is 5.56 Å². The second kappa shape index (κ2) is 6.19. The van der Waals surface area contributed by atoms with E-state index in [1.54, 1.807) is 0 Å². The Morgan fingerprint density at radius 1 is 1.22 bits per heavy atom. The van der Waals surface area contributed by atoms with Gasteiger partial charge in [0.15, 0.2) is 10.6 Å². The third-order valence-electron chi connectivity index (χ3n) is 4.66. The van der Waals surface area contributed by atoms with Crippen molar-refractivity contribution in [1.82, 2.24) is 25.6 Å². The number of rotatable bonds is 3. The highest BCUT2D eigenvalue weighted by molar-refractivity contribution is 7.71. The predicted octanol–water partition coefficient (Wildman–Crippen LogP) is 3.50. The molecule has 0 saturated carbocycles. The van der Waals surface area contributed by atoms with E-state index < -0.39 is 0 Å². The van der Waals surface area contributed by atoms with Crippen LogP contribution in [0.4, 0.5) is 0 Å². The van der Waals surface area contributed by atoms with Gasteiger partial charge in [-0.3, -0.25) is 15.1 Å². The molecule has 1 aromatic carbocycles. The highest BCUT2D eigenvalue weighted by Crippen LogP contribution is 2.32. The molecule has 0 radical (unpaired) electrons. The maximum Gasteiger partial charge on any atom is 0.195 e. The minimum Gasteiger partial charge on any atom is -0.295 e. The second-order valence-electron chi connectivity index (χ2n) is 7.34. The molecule has 0 spiro atoms. The molecule has 0 bridgehead atoms. The molecule has 1 aromatic heterocycles. The Morgan fingerprint density at radius 3 is 2.52 bits per heavy atom. The van der Waals surface area contributed by atoms with Crippen molar-refractivity contribution >= 4 is 12.2 Å². The van der Waals surface area contributed by atoms with Crippen LogP contribution in [0.5, 0.6) is 0 Å². The largest absolute Gasteiger partial charge is 0.295 e. The molecule has 2 aromatic rings. The molecule has 124 valence electrons. The predicted molar refractivity (Wildman–Crippen MR) is 94.5 cm³/mol. The summed E-state index contributed by atoms with van der Waals surface area (Å²) in [5.41, 5.74) is 8.22. The van der Waals surface area contributed by atoms with Crippen LogP contribution in [-0.4, -0.2) is 20.8 Å². The maximum atomic E-state index is 5.48. The van der Waals surface area contributed by atoms with Crippen molar-refractivity contribution in [3.8, 4) is 0 Å². The molecule has 1 aliphatic heterocycles. The number of benzene rings is 1. The molecule has 3 atom stereocenters. The molecule has 3 N–H and O–H groups in total. The summed E-state index contributed by atoms with van der Waals surface area (Å²) in [6.45, 7) is 8.91. The van der Waals surface area contributed by atoms with Crippen molar-refractivity contribution < 1.29 is 0 Å². The summed E-state index contributed by atoms with van der Waals surface area (Å²) >= 11 is 5.48. The number of hydrazine groups is 1. The van der Waals surface area contributed by atoms with Gasteiger partial charge in [-0.05, 0) is 36.5 Å². The molecule has 1 fully saturated rings. The quantitative estimate of drug-likeness (QED) is 0.754. The summed E-state index contributed by atoms with van der Waals surface area (Å²) in [4.78, 5) is 0. The average Bonchev–Trinajstić information content (AvgIpc) is 3.13. The molecule has 23 heavy (non-hydrogen) atoms. The normalized spacial score (nSPS) is 23.1. The van der Waals surface area contributed by atoms with Gasteiger partial charge in [0.1, 0.15) is 0 Å². The van der Waals surface area contributed by atoms with Crippen LogP contribution >= 0.6 is 12.2 Å². The molecule has 1 saturated heterocycles. The lowest BCUT2D eigenvalue weighted by Crippen LogP contribution is -2.39. The van der Waals surface area contributed by atoms with Gasteiger partial charge >= 0.3 is 0 Å². The van der Waals surface area contributed by atoms with Gasteiger partial charge in [-0.25, -0.2) is 5.43 Å². The average molecular weight is 331 g/mol. The third kappa shape index (κ3) is 3.24. The fourth-order valence-corrected chi connectivity index (χ4v) is 3.41. The van der Waals surface area contributed by atoms with E-state index in [2.05, 4.69) is 77.6 Å². The number of H-pyrrole nitrogens is 1. The zero-order chi connectivity index (χ0) is 16.6. The summed E-state index contributed by atoms with van der Waals surface area (Å²) in [5, 5.41) is 7.47. The third-order valence-corrected chi connectivity index (χ3v) is 4.95. The number of nitrogens with zero attached hydrogens (tertiary/aromatic N) is 2. The van der Waals surface area contributed by atoms with E-state index in [9.17, 15) is 0 Å². The molecular formula is C17H25N5S. The van der Waals surface area contributed by atoms with E-state index >= 15 is 0 Å². The zero-order valence-corrected chi connectivity index (χ0v) is 14.9. The summed E-state index contributed by atoms with van der Waals surface area (Å²) < 4.78 is 2.78. The van der Waals surface area contributed by atoms with Gasteiger partial charge in [-0.2, -0.15) is 5.10 Å². The highest BCUT2D eigenvalue weighted by atomic mass is 32.1. The Bertz CT molecular complexity index is 713. The van der Waals surface area contributed by atoms with Crippen LogP contribution in [0.1, 0.15) is 57.6 Å². The molecule has 3 rings (SSSR count). The Kier molecular flexibility index (Phi) is 4.40. The lowest BCUT2D eigenvalue weighted by molar-refractivity contribution is 0.285. The fourth-order valence-electron chi connectivity index (χ4n) is 3.11. The van der Waals surface area contributed by atoms with Crippen LogP contribution in [0.25, 0.3) is 0 Å². The first-order valence-corrected chi connectivity index (χ1v) is 8.51. The minimum absolute atomic E-state index is 0.146. The Hall–Kier alpha value is -1.50. The molecule has 1 aliphatic rings. The monoisotopic (exact) mass is 331 g/mol. The second-order valence-corrected chi connectivity index (χ2v) is 7.73. The van der Waals surface area contributed by atoms with E-state index in [0.717, 1.165) is 12.2 Å². The number of hydrogen-bond donors (Lipinski definition) is 3. The van der Waals surface area contributed by atoms with Crippen molar-refractivity contribution in [2.45, 2.75) is 52.2 Å². The number of aromatic amines is 1. The zero-order valence-electron chi connectivity index (χ0n) is 14.1. The molecule has 0 amide bonds. The van der Waals surface area contributed by atoms with E-state index in [0.29, 0.717) is 10.8 Å². The van der Waals surface area contributed by atoms with Crippen LogP contribution in [0.3, 0.4) is 0 Å². The SMILES string of the molecule is CC(c1ccccc1)n1c(C2CC(C(C)(C)C)NN2)n[nH]c1=S. The molecule has 6 heteroatoms. The maximum absolute atomic E-state index is 5.48. The standard InChI is InChI=1S/C17H25N5S/c1-11(12-8-6-5-7-9-12)22-15(20-21-16(22)23)13-10-14(19-18-13)17(2,3)4/h5-9,11,13-14,18-19H,10H2,1-4H3,(H,21,23). The Morgan fingerprint density at radius 2 is 1.91 bits per heavy atom. The first kappa shape index (κ1) is 16.4. The van der Waals surface area contributed by atoms with Crippen molar-refractivity contribution in [3.05, 3.63) is 46.5 Å². The smallest absolute Gasteiger partial charge is 0.195 e. The van der Waals surface area contributed by atoms with E-state index in [1.807, 2.05) is 6.07 Å². The van der Waals surface area contributed by atoms with Gasteiger partial charge in [0.2, 0.25) is 0 Å². The van der Waals surface area contributed by atoms with Crippen LogP contribution < -0.4 is 10.9 Å². The first-order valence-electron chi connectivity index (χ1n) is 8.10. The van der Waals surface area contributed by atoms with Gasteiger partial charge in [0.25, 0.3) is 0 Å². The minimum atomic E-state index is 0.146. The van der Waals surface area contributed by atoms with Crippen molar-refractivity contribution in [2.75, 3.05) is 0 Å². The number of hydrogen-bond acceptors (Lipinski definition) is 4. The summed E-state index contributed by atoms with van der Waals surface area (Å²) in [6.07, 6.45) is 0.991. The fraction of sp³-hybridized carbons (Fsp3) is 0.529. The molecule has 3 unspecified atom stereocenters. The van der Waals surface area contributed by atoms with Crippen LogP contribution in [-0.2, 0) is 0 Å². The van der Waals surface area contributed by atoms with Crippen LogP contribution in [0.15, 0.2) is 30.3 Å². The highest BCUT2D eigenvalue weighted by Gasteiger charge is 2.35. The van der Waals surface area contributed by atoms with Gasteiger partial charge in [0, 0.05) is 6.04 Å². The van der Waals surface area contributed by atoms with Crippen molar-refractivity contribution in [1.29, 1.82) is 0 Å². The van der Waals surface area contributed by atoms with Gasteiger partial charge in [0.05, 0.1) is 12.1 Å². The van der Waals surface area contributed by atoms with Crippen molar-refractivity contribution in [3.63, 3.8) is 0 Å². The number of nitrogens with one attached hydrogen (secondary N) is 3. The van der Waals surface area contributed by atoms with E-state index in [4.69, 9.17) is 12.2 Å². The number of aromatic nitrogens is 3. The molecule has 5 nitrogen and oxygen atoms in total. The van der Waals surface area contributed by atoms with Crippen LogP contribution in [0, 0.1) is 10.2 Å². The molecule has 0 aliphatic carbocycles. The summed E-state index contributed by atoms with van der Waals surface area (Å²) in [7, 11) is 0. The van der Waals surface area contributed by atoms with Gasteiger partial charge in [-0.1, -0.05) is 51.1 Å². The first-order chi connectivity index (χ1) is 10.9. The lowest BCUT2D eigenvalue weighted by Gasteiger charge is -2.26. The molecular weight excluding hydrogens is 306 g/mol. The Labute approximate surface area is 142 Å². The molecule has 2 heterocycles. The van der Waals surface area contributed by atoms with Gasteiger partial charge < -0.3 is 0 Å². The topological polar surface area (TPSA) is 57.7 Å².